The zero-order valence-electron chi connectivity index (χ0n) is 3.40. The van der Waals surface area contributed by atoms with Crippen molar-refractivity contribution in [2.45, 2.75) is 6.92 Å². The Hall–Kier alpha value is -0.480. The van der Waals surface area contributed by atoms with Crippen LogP contribution in [-0.4, -0.2) is 0 Å². The summed E-state index contributed by atoms with van der Waals surface area (Å²) in [6.45, 7) is 1.66. The second-order valence-electron chi connectivity index (χ2n) is 0.860. The van der Waals surface area contributed by atoms with Gasteiger partial charge in [0.1, 0.15) is 0 Å². The molecule has 0 fully saturated rings. The van der Waals surface area contributed by atoms with Gasteiger partial charge >= 0.3 is 0 Å². The molecule has 0 heterocycles. The van der Waals surface area contributed by atoms with Crippen molar-refractivity contribution in [1.82, 2.24) is 0 Å². The van der Waals surface area contributed by atoms with Crippen molar-refractivity contribution in [2.24, 2.45) is 0 Å². The van der Waals surface area contributed by atoms with E-state index < -0.39 is 0 Å². The van der Waals surface area contributed by atoms with Gasteiger partial charge in [0.15, 0.2) is 0 Å². The standard InChI is InChI=1S/C4H4ClN/c1-4(5)2-3-6/h2H,1H3. The van der Waals surface area contributed by atoms with Crippen molar-refractivity contribution < 1.29 is 0 Å². The molecule has 32 valence electrons. The number of hydrogen-bond donors (Lipinski definition) is 0. The molecular weight excluding hydrogens is 97.5 g/mol. The molecule has 0 spiro atoms. The topological polar surface area (TPSA) is 23.8 Å². The fourth-order valence-electron chi connectivity index (χ4n) is 0.0889. The van der Waals surface area contributed by atoms with Crippen molar-refractivity contribution in [3.63, 3.8) is 0 Å². The molecule has 0 aliphatic carbocycles. The third kappa shape index (κ3) is 3.52. The minimum Gasteiger partial charge on any atom is -0.193 e. The number of nitrogens with zero attached hydrogens (tertiary/aromatic N) is 1. The molecule has 0 amide bonds. The average Bonchev–Trinajstić information content (AvgIpc) is 1.35. The molecule has 0 aliphatic heterocycles. The van der Waals surface area contributed by atoms with Gasteiger partial charge in [-0.1, -0.05) is 11.6 Å². The zero-order valence-corrected chi connectivity index (χ0v) is 4.16. The van der Waals surface area contributed by atoms with E-state index in [0.29, 0.717) is 5.03 Å². The third-order valence-corrected chi connectivity index (χ3v) is 0.373. The third-order valence-electron chi connectivity index (χ3n) is 0.263. The van der Waals surface area contributed by atoms with Crippen molar-refractivity contribution in [3.05, 3.63) is 11.1 Å². The van der Waals surface area contributed by atoms with Gasteiger partial charge in [-0.05, 0) is 6.92 Å². The second kappa shape index (κ2) is 2.74. The average molecular weight is 102 g/mol. The summed E-state index contributed by atoms with van der Waals surface area (Å²) in [4.78, 5) is 0. The first-order valence-corrected chi connectivity index (χ1v) is 1.87. The lowest BCUT2D eigenvalue weighted by molar-refractivity contribution is 1.52. The van der Waals surface area contributed by atoms with Gasteiger partial charge in [-0.3, -0.25) is 0 Å². The van der Waals surface area contributed by atoms with Crippen molar-refractivity contribution in [2.75, 3.05) is 0 Å². The van der Waals surface area contributed by atoms with Crippen LogP contribution in [0, 0.1) is 11.3 Å². The maximum Gasteiger partial charge on any atom is 0.0924 e. The number of nitriles is 1. The highest BCUT2D eigenvalue weighted by atomic mass is 35.5. The summed E-state index contributed by atoms with van der Waals surface area (Å²) < 4.78 is 0. The summed E-state index contributed by atoms with van der Waals surface area (Å²) in [5.41, 5.74) is 0. The molecule has 0 N–H and O–H groups in total. The summed E-state index contributed by atoms with van der Waals surface area (Å²) in [6, 6.07) is 1.77. The highest BCUT2D eigenvalue weighted by Gasteiger charge is 1.69. The Morgan fingerprint density at radius 3 is 2.50 bits per heavy atom. The lowest BCUT2D eigenvalue weighted by Gasteiger charge is -1.68. The number of allylic oxidation sites excluding steroid dienone is 2. The first kappa shape index (κ1) is 5.52. The van der Waals surface area contributed by atoms with Crippen LogP contribution in [0.3, 0.4) is 0 Å². The monoisotopic (exact) mass is 101 g/mol. The highest BCUT2D eigenvalue weighted by Crippen LogP contribution is 1.93. The van der Waals surface area contributed by atoms with Crippen LogP contribution in [0.25, 0.3) is 0 Å². The smallest absolute Gasteiger partial charge is 0.0924 e. The second-order valence-corrected chi connectivity index (χ2v) is 1.46. The number of rotatable bonds is 0. The van der Waals surface area contributed by atoms with Crippen LogP contribution < -0.4 is 0 Å². The lowest BCUT2D eigenvalue weighted by Crippen LogP contribution is -1.49. The maximum absolute atomic E-state index is 7.83. The predicted molar refractivity (Wildman–Crippen MR) is 25.2 cm³/mol. The summed E-state index contributed by atoms with van der Waals surface area (Å²) >= 11 is 5.22. The molecule has 0 saturated carbocycles. The van der Waals surface area contributed by atoms with Crippen LogP contribution >= 0.6 is 11.6 Å². The molecule has 2 heteroatoms. The fourth-order valence-corrected chi connectivity index (χ4v) is 0.138. The van der Waals surface area contributed by atoms with E-state index in [4.69, 9.17) is 16.9 Å². The van der Waals surface area contributed by atoms with Crippen LogP contribution in [0.15, 0.2) is 11.1 Å². The predicted octanol–water partition coefficient (Wildman–Crippen LogP) is 1.65. The molecular formula is C4H4ClN. The van der Waals surface area contributed by atoms with Crippen molar-refractivity contribution in [3.8, 4) is 6.07 Å². The van der Waals surface area contributed by atoms with E-state index in [1.807, 2.05) is 0 Å². The minimum atomic E-state index is 0.525. The van der Waals surface area contributed by atoms with Gasteiger partial charge in [0, 0.05) is 11.1 Å². The fraction of sp³-hybridized carbons (Fsp3) is 0.250. The van der Waals surface area contributed by atoms with Gasteiger partial charge < -0.3 is 0 Å². The first-order valence-electron chi connectivity index (χ1n) is 1.49. The van der Waals surface area contributed by atoms with E-state index in [-0.39, 0.29) is 0 Å². The molecule has 0 aliphatic rings. The summed E-state index contributed by atoms with van der Waals surface area (Å²) in [6.07, 6.45) is 1.28. The molecule has 0 atom stereocenters. The Morgan fingerprint density at radius 1 is 2.00 bits per heavy atom. The van der Waals surface area contributed by atoms with Gasteiger partial charge in [0.05, 0.1) is 6.07 Å². The largest absolute Gasteiger partial charge is 0.193 e. The quantitative estimate of drug-likeness (QED) is 0.426. The Labute approximate surface area is 41.8 Å². The molecule has 1 nitrogen and oxygen atoms in total. The van der Waals surface area contributed by atoms with E-state index in [9.17, 15) is 0 Å². The van der Waals surface area contributed by atoms with Crippen molar-refractivity contribution >= 4 is 11.6 Å². The van der Waals surface area contributed by atoms with Gasteiger partial charge in [0.2, 0.25) is 0 Å². The van der Waals surface area contributed by atoms with Gasteiger partial charge in [0.25, 0.3) is 0 Å². The van der Waals surface area contributed by atoms with Crippen LogP contribution in [0.4, 0.5) is 0 Å². The zero-order chi connectivity index (χ0) is 4.99. The Kier molecular flexibility index (Phi) is 2.52. The van der Waals surface area contributed by atoms with Crippen LogP contribution in [-0.2, 0) is 0 Å². The molecule has 6 heavy (non-hydrogen) atoms. The van der Waals surface area contributed by atoms with Crippen molar-refractivity contribution in [1.29, 1.82) is 5.26 Å². The highest BCUT2D eigenvalue weighted by molar-refractivity contribution is 6.29. The molecule has 0 saturated heterocycles. The molecule has 0 radical (unpaired) electrons. The summed E-state index contributed by atoms with van der Waals surface area (Å²) in [7, 11) is 0. The lowest BCUT2D eigenvalue weighted by atomic mass is 10.6. The number of halogens is 1. The molecule has 0 bridgehead atoms. The minimum absolute atomic E-state index is 0.525. The molecule has 0 aromatic heterocycles. The number of hydrogen-bond acceptors (Lipinski definition) is 1. The van der Waals surface area contributed by atoms with E-state index in [1.54, 1.807) is 13.0 Å². The Morgan fingerprint density at radius 2 is 2.50 bits per heavy atom. The van der Waals surface area contributed by atoms with Crippen LogP contribution in [0.1, 0.15) is 6.92 Å². The van der Waals surface area contributed by atoms with E-state index in [2.05, 4.69) is 0 Å². The van der Waals surface area contributed by atoms with Gasteiger partial charge in [-0.2, -0.15) is 5.26 Å². The van der Waals surface area contributed by atoms with Gasteiger partial charge in [-0.15, -0.1) is 0 Å². The molecule has 0 aromatic carbocycles. The first-order chi connectivity index (χ1) is 2.77. The molecule has 0 rings (SSSR count). The maximum atomic E-state index is 7.83. The van der Waals surface area contributed by atoms with E-state index >= 15 is 0 Å². The van der Waals surface area contributed by atoms with E-state index in [1.165, 1.54) is 6.08 Å². The normalized spacial score (nSPS) is 10.5. The summed E-state index contributed by atoms with van der Waals surface area (Å²) in [5, 5.41) is 8.35. The molecule has 0 aromatic rings. The SMILES string of the molecule is CC(Cl)=CC#N. The van der Waals surface area contributed by atoms with E-state index in [0.717, 1.165) is 0 Å². The van der Waals surface area contributed by atoms with Crippen LogP contribution in [0.5, 0.6) is 0 Å². The summed E-state index contributed by atoms with van der Waals surface area (Å²) in [5.74, 6) is 0. The Balaban J connectivity index is 3.51. The molecule has 0 unspecified atom stereocenters. The Bertz CT molecular complexity index is 94.6. The van der Waals surface area contributed by atoms with Gasteiger partial charge in [-0.25, -0.2) is 0 Å². The van der Waals surface area contributed by atoms with Crippen LogP contribution in [0.2, 0.25) is 0 Å².